The highest BCUT2D eigenvalue weighted by atomic mass is 32.2. The van der Waals surface area contributed by atoms with Gasteiger partial charge in [-0.05, 0) is 30.3 Å². The molecule has 1 fully saturated rings. The van der Waals surface area contributed by atoms with Gasteiger partial charge in [0, 0.05) is 36.4 Å². The van der Waals surface area contributed by atoms with Gasteiger partial charge in [0.2, 0.25) is 5.91 Å². The summed E-state index contributed by atoms with van der Waals surface area (Å²) in [4.78, 5) is 27.3. The topological polar surface area (TPSA) is 46.6 Å². The first-order valence-electron chi connectivity index (χ1n) is 8.56. The Morgan fingerprint density at radius 2 is 1.81 bits per heavy atom. The van der Waals surface area contributed by atoms with E-state index in [9.17, 15) is 14.0 Å². The molecule has 0 N–H and O–H groups in total. The van der Waals surface area contributed by atoms with Crippen LogP contribution in [0, 0.1) is 5.82 Å². The molecule has 134 valence electrons. The van der Waals surface area contributed by atoms with E-state index >= 15 is 0 Å². The second-order valence-corrected chi connectivity index (χ2v) is 7.60. The van der Waals surface area contributed by atoms with Gasteiger partial charge >= 0.3 is 5.97 Å². The minimum absolute atomic E-state index is 0.0479. The third-order valence-electron chi connectivity index (χ3n) is 5.03. The summed E-state index contributed by atoms with van der Waals surface area (Å²) in [6, 6.07) is 13.6. The lowest BCUT2D eigenvalue weighted by atomic mass is 9.84. The van der Waals surface area contributed by atoms with Crippen molar-refractivity contribution < 1.29 is 18.7 Å². The largest absolute Gasteiger partial charge is 0.450 e. The van der Waals surface area contributed by atoms with Crippen molar-refractivity contribution >= 4 is 23.6 Å². The number of nitrogens with zero attached hydrogens (tertiary/aromatic N) is 1. The van der Waals surface area contributed by atoms with Crippen molar-refractivity contribution in [1.29, 1.82) is 0 Å². The number of thioether (sulfide) groups is 1. The second-order valence-electron chi connectivity index (χ2n) is 6.55. The number of carbonyl (C=O) groups is 2. The molecule has 0 bridgehead atoms. The van der Waals surface area contributed by atoms with Gasteiger partial charge in [-0.1, -0.05) is 18.2 Å². The van der Waals surface area contributed by atoms with E-state index in [2.05, 4.69) is 0 Å². The number of ether oxygens (including phenoxy) is 1. The van der Waals surface area contributed by atoms with E-state index in [1.807, 2.05) is 23.1 Å². The maximum atomic E-state index is 12.9. The molecular formula is C20H18FNO3S. The molecule has 1 amide bonds. The third kappa shape index (κ3) is 3.09. The molecule has 2 aromatic rings. The molecule has 1 saturated heterocycles. The van der Waals surface area contributed by atoms with E-state index in [0.29, 0.717) is 37.2 Å². The molecule has 2 aromatic carbocycles. The quantitative estimate of drug-likeness (QED) is 0.611. The molecular weight excluding hydrogens is 353 g/mol. The summed E-state index contributed by atoms with van der Waals surface area (Å²) in [6.45, 7) is 1.12. The fourth-order valence-electron chi connectivity index (χ4n) is 3.60. The van der Waals surface area contributed by atoms with Gasteiger partial charge in [-0.15, -0.1) is 11.8 Å². The normalized spacial score (nSPS) is 17.9. The summed E-state index contributed by atoms with van der Waals surface area (Å²) in [6.07, 6.45) is 1.23. The molecule has 2 aliphatic heterocycles. The van der Waals surface area contributed by atoms with Gasteiger partial charge in [-0.25, -0.2) is 9.18 Å². The van der Waals surface area contributed by atoms with Crippen LogP contribution in [-0.4, -0.2) is 35.6 Å². The van der Waals surface area contributed by atoms with Crippen LogP contribution in [0.5, 0.6) is 0 Å². The number of benzene rings is 2. The van der Waals surface area contributed by atoms with Gasteiger partial charge in [0.1, 0.15) is 11.4 Å². The number of likely N-dealkylation sites (tertiary alicyclic amines) is 1. The Balaban J connectivity index is 1.37. The molecule has 0 radical (unpaired) electrons. The number of hydrogen-bond acceptors (Lipinski definition) is 4. The van der Waals surface area contributed by atoms with Gasteiger partial charge in [0.15, 0.2) is 0 Å². The van der Waals surface area contributed by atoms with Crippen LogP contribution in [0.25, 0.3) is 0 Å². The van der Waals surface area contributed by atoms with E-state index < -0.39 is 5.60 Å². The molecule has 0 unspecified atom stereocenters. The monoisotopic (exact) mass is 371 g/mol. The molecule has 6 heteroatoms. The first-order valence-corrected chi connectivity index (χ1v) is 9.55. The number of fused-ring (bicyclic) bond motifs is 2. The van der Waals surface area contributed by atoms with Crippen LogP contribution in [0.2, 0.25) is 0 Å². The second kappa shape index (κ2) is 6.76. The van der Waals surface area contributed by atoms with Crippen LogP contribution in [0.3, 0.4) is 0 Å². The minimum Gasteiger partial charge on any atom is -0.450 e. The Morgan fingerprint density at radius 3 is 2.54 bits per heavy atom. The summed E-state index contributed by atoms with van der Waals surface area (Å²) in [5, 5.41) is 0. The van der Waals surface area contributed by atoms with Crippen LogP contribution < -0.4 is 0 Å². The number of piperidine rings is 1. The van der Waals surface area contributed by atoms with Crippen LogP contribution in [0.15, 0.2) is 53.4 Å². The number of hydrogen-bond donors (Lipinski definition) is 0. The summed E-state index contributed by atoms with van der Waals surface area (Å²) in [7, 11) is 0. The highest BCUT2D eigenvalue weighted by Gasteiger charge is 2.47. The SMILES string of the molecule is O=C1OC2(CCN(C(=O)CSc3ccc(F)cc3)CC2)c2ccccc21. The summed E-state index contributed by atoms with van der Waals surface area (Å²) < 4.78 is 18.6. The van der Waals surface area contributed by atoms with Crippen molar-refractivity contribution in [2.24, 2.45) is 0 Å². The van der Waals surface area contributed by atoms with Crippen molar-refractivity contribution in [2.75, 3.05) is 18.8 Å². The average Bonchev–Trinajstić information content (AvgIpc) is 2.94. The number of esters is 1. The van der Waals surface area contributed by atoms with Gasteiger partial charge in [0.25, 0.3) is 0 Å². The van der Waals surface area contributed by atoms with Gasteiger partial charge in [-0.3, -0.25) is 4.79 Å². The Bertz CT molecular complexity index is 844. The number of halogens is 1. The van der Waals surface area contributed by atoms with Crippen molar-refractivity contribution in [3.8, 4) is 0 Å². The minimum atomic E-state index is -0.589. The van der Waals surface area contributed by atoms with E-state index in [4.69, 9.17) is 4.74 Å². The van der Waals surface area contributed by atoms with Crippen LogP contribution >= 0.6 is 11.8 Å². The molecule has 0 aromatic heterocycles. The molecule has 0 saturated carbocycles. The van der Waals surface area contributed by atoms with Crippen molar-refractivity contribution in [3.05, 3.63) is 65.5 Å². The maximum absolute atomic E-state index is 12.9. The molecule has 2 heterocycles. The smallest absolute Gasteiger partial charge is 0.339 e. The third-order valence-corrected chi connectivity index (χ3v) is 6.02. The molecule has 4 nitrogen and oxygen atoms in total. The Hall–Kier alpha value is -2.34. The van der Waals surface area contributed by atoms with Crippen LogP contribution in [0.4, 0.5) is 4.39 Å². The van der Waals surface area contributed by atoms with Crippen molar-refractivity contribution in [1.82, 2.24) is 4.90 Å². The zero-order valence-electron chi connectivity index (χ0n) is 14.1. The lowest BCUT2D eigenvalue weighted by Crippen LogP contribution is -2.46. The zero-order chi connectivity index (χ0) is 18.1. The standard InChI is InChI=1S/C20H18FNO3S/c21-14-5-7-15(8-6-14)26-13-18(23)22-11-9-20(10-12-22)17-4-2-1-3-16(17)19(24)25-20/h1-8H,9-13H2. The molecule has 0 atom stereocenters. The fraction of sp³-hybridized carbons (Fsp3) is 0.300. The van der Waals surface area contributed by atoms with E-state index in [0.717, 1.165) is 10.5 Å². The van der Waals surface area contributed by atoms with Gasteiger partial charge in [0.05, 0.1) is 11.3 Å². The first kappa shape index (κ1) is 17.1. The van der Waals surface area contributed by atoms with Gasteiger partial charge < -0.3 is 9.64 Å². The Labute approximate surface area is 155 Å². The van der Waals surface area contributed by atoms with Crippen LogP contribution in [0.1, 0.15) is 28.8 Å². The summed E-state index contributed by atoms with van der Waals surface area (Å²) in [5.74, 6) is -0.193. The predicted molar refractivity (Wildman–Crippen MR) is 96.5 cm³/mol. The van der Waals surface area contributed by atoms with Crippen molar-refractivity contribution in [3.63, 3.8) is 0 Å². The van der Waals surface area contributed by atoms with E-state index in [-0.39, 0.29) is 17.7 Å². The van der Waals surface area contributed by atoms with Gasteiger partial charge in [-0.2, -0.15) is 0 Å². The summed E-state index contributed by atoms with van der Waals surface area (Å²) >= 11 is 1.40. The molecule has 1 spiro atoms. The maximum Gasteiger partial charge on any atom is 0.339 e. The Morgan fingerprint density at radius 1 is 1.12 bits per heavy atom. The first-order chi connectivity index (χ1) is 12.6. The molecule has 0 aliphatic carbocycles. The number of amides is 1. The van der Waals surface area contributed by atoms with Crippen molar-refractivity contribution in [2.45, 2.75) is 23.3 Å². The molecule has 4 rings (SSSR count). The van der Waals surface area contributed by atoms with E-state index in [1.54, 1.807) is 18.2 Å². The molecule has 2 aliphatic rings. The number of rotatable bonds is 3. The lowest BCUT2D eigenvalue weighted by molar-refractivity contribution is -0.132. The predicted octanol–water partition coefficient (Wildman–Crippen LogP) is 3.61. The highest BCUT2D eigenvalue weighted by Crippen LogP contribution is 2.44. The van der Waals surface area contributed by atoms with Crippen LogP contribution in [-0.2, 0) is 15.1 Å². The Kier molecular flexibility index (Phi) is 4.44. The lowest BCUT2D eigenvalue weighted by Gasteiger charge is -2.38. The number of carbonyl (C=O) groups excluding carboxylic acids is 2. The van der Waals surface area contributed by atoms with E-state index in [1.165, 1.54) is 23.9 Å². The highest BCUT2D eigenvalue weighted by molar-refractivity contribution is 8.00. The average molecular weight is 371 g/mol. The molecule has 26 heavy (non-hydrogen) atoms. The zero-order valence-corrected chi connectivity index (χ0v) is 14.9. The fourth-order valence-corrected chi connectivity index (χ4v) is 4.40. The summed E-state index contributed by atoms with van der Waals surface area (Å²) in [5.41, 5.74) is 0.992.